The number of hydrogen-bond acceptors (Lipinski definition) is 3. The van der Waals surface area contributed by atoms with Crippen molar-refractivity contribution in [2.45, 2.75) is 65.5 Å². The summed E-state index contributed by atoms with van der Waals surface area (Å²) in [6, 6.07) is 0.549. The Labute approximate surface area is 109 Å². The summed E-state index contributed by atoms with van der Waals surface area (Å²) in [5.74, 6) is 1.49. The van der Waals surface area contributed by atoms with E-state index in [4.69, 9.17) is 4.98 Å². The van der Waals surface area contributed by atoms with Gasteiger partial charge in [0.25, 0.3) is 0 Å². The summed E-state index contributed by atoms with van der Waals surface area (Å²) in [4.78, 5) is 6.34. The third-order valence-corrected chi connectivity index (χ3v) is 4.25. The van der Waals surface area contributed by atoms with Crippen molar-refractivity contribution in [3.63, 3.8) is 0 Å². The predicted molar refractivity (Wildman–Crippen MR) is 74.6 cm³/mol. The van der Waals surface area contributed by atoms with Crippen molar-refractivity contribution < 1.29 is 0 Å². The number of nitrogens with zero attached hydrogens (tertiary/aromatic N) is 1. The van der Waals surface area contributed by atoms with Gasteiger partial charge in [0.05, 0.1) is 10.7 Å². The molecule has 1 N–H and O–H groups in total. The maximum atomic E-state index is 4.87. The van der Waals surface area contributed by atoms with Crippen LogP contribution in [-0.2, 0) is 13.0 Å². The summed E-state index contributed by atoms with van der Waals surface area (Å²) in [5.41, 5.74) is 1.35. The molecule has 17 heavy (non-hydrogen) atoms. The monoisotopic (exact) mass is 252 g/mol. The molecule has 3 heteroatoms. The van der Waals surface area contributed by atoms with Crippen molar-refractivity contribution in [1.29, 1.82) is 0 Å². The molecular formula is C14H24N2S. The third-order valence-electron chi connectivity index (χ3n) is 2.99. The van der Waals surface area contributed by atoms with E-state index in [2.05, 4.69) is 33.0 Å². The van der Waals surface area contributed by atoms with Crippen molar-refractivity contribution in [1.82, 2.24) is 10.3 Å². The number of nitrogens with one attached hydrogen (secondary N) is 1. The van der Waals surface area contributed by atoms with Gasteiger partial charge in [-0.2, -0.15) is 0 Å². The van der Waals surface area contributed by atoms with Gasteiger partial charge in [0.1, 0.15) is 0 Å². The molecule has 0 aromatic carbocycles. The Morgan fingerprint density at radius 3 is 2.53 bits per heavy atom. The first kappa shape index (κ1) is 13.0. The minimum Gasteiger partial charge on any atom is -0.310 e. The van der Waals surface area contributed by atoms with Gasteiger partial charge < -0.3 is 5.32 Å². The van der Waals surface area contributed by atoms with Crippen LogP contribution >= 0.6 is 11.3 Å². The smallest absolute Gasteiger partial charge is 0.0962 e. The summed E-state index contributed by atoms with van der Waals surface area (Å²) in [7, 11) is 0. The second-order valence-electron chi connectivity index (χ2n) is 5.83. The second kappa shape index (κ2) is 5.49. The van der Waals surface area contributed by atoms with Crippen LogP contribution in [0.3, 0.4) is 0 Å². The lowest BCUT2D eigenvalue weighted by Crippen LogP contribution is -2.22. The van der Waals surface area contributed by atoms with E-state index in [1.54, 1.807) is 0 Å². The Kier molecular flexibility index (Phi) is 4.21. The fourth-order valence-electron chi connectivity index (χ4n) is 1.89. The van der Waals surface area contributed by atoms with Crippen LogP contribution < -0.4 is 5.32 Å². The van der Waals surface area contributed by atoms with Gasteiger partial charge in [0.15, 0.2) is 0 Å². The SMILES string of the molecule is CC(C)Cc1nc(C2CC2)sc1CNC(C)C. The molecule has 1 aliphatic carbocycles. The van der Waals surface area contributed by atoms with E-state index in [1.165, 1.54) is 28.4 Å². The lowest BCUT2D eigenvalue weighted by atomic mass is 10.1. The molecule has 0 aliphatic heterocycles. The van der Waals surface area contributed by atoms with Gasteiger partial charge in [-0.3, -0.25) is 0 Å². The largest absolute Gasteiger partial charge is 0.310 e. The maximum absolute atomic E-state index is 4.87. The first-order valence-electron chi connectivity index (χ1n) is 6.78. The highest BCUT2D eigenvalue weighted by Crippen LogP contribution is 2.42. The van der Waals surface area contributed by atoms with Gasteiger partial charge in [-0.25, -0.2) is 4.98 Å². The average molecular weight is 252 g/mol. The van der Waals surface area contributed by atoms with Gasteiger partial charge in [-0.05, 0) is 25.2 Å². The van der Waals surface area contributed by atoms with Crippen molar-refractivity contribution in [2.75, 3.05) is 0 Å². The molecule has 1 aromatic heterocycles. The molecule has 0 spiro atoms. The van der Waals surface area contributed by atoms with Crippen LogP contribution in [0.15, 0.2) is 0 Å². The van der Waals surface area contributed by atoms with E-state index in [0.29, 0.717) is 12.0 Å². The van der Waals surface area contributed by atoms with Crippen molar-refractivity contribution in [3.05, 3.63) is 15.6 Å². The van der Waals surface area contributed by atoms with Crippen LogP contribution in [0.5, 0.6) is 0 Å². The van der Waals surface area contributed by atoms with E-state index in [1.807, 2.05) is 11.3 Å². The van der Waals surface area contributed by atoms with Crippen molar-refractivity contribution in [2.24, 2.45) is 5.92 Å². The predicted octanol–water partition coefficient (Wildman–Crippen LogP) is 3.72. The Balaban J connectivity index is 2.08. The standard InChI is InChI=1S/C14H24N2S/c1-9(2)7-12-13(8-15-10(3)4)17-14(16-12)11-5-6-11/h9-11,15H,5-8H2,1-4H3. The maximum Gasteiger partial charge on any atom is 0.0962 e. The lowest BCUT2D eigenvalue weighted by molar-refractivity contribution is 0.581. The minimum atomic E-state index is 0.549. The Hall–Kier alpha value is -0.410. The highest BCUT2D eigenvalue weighted by Gasteiger charge is 2.28. The van der Waals surface area contributed by atoms with Gasteiger partial charge in [-0.15, -0.1) is 11.3 Å². The third kappa shape index (κ3) is 3.78. The number of hydrogen-bond donors (Lipinski definition) is 1. The van der Waals surface area contributed by atoms with Crippen LogP contribution in [0.1, 0.15) is 62.0 Å². The first-order chi connectivity index (χ1) is 8.06. The van der Waals surface area contributed by atoms with Crippen LogP contribution in [0.4, 0.5) is 0 Å². The van der Waals surface area contributed by atoms with Gasteiger partial charge >= 0.3 is 0 Å². The fraction of sp³-hybridized carbons (Fsp3) is 0.786. The normalized spacial score (nSPS) is 16.1. The van der Waals surface area contributed by atoms with Crippen LogP contribution in [0.2, 0.25) is 0 Å². The molecule has 0 saturated heterocycles. The summed E-state index contributed by atoms with van der Waals surface area (Å²) in [6.07, 6.45) is 3.83. The number of thiazole rings is 1. The number of aromatic nitrogens is 1. The molecule has 1 fully saturated rings. The molecule has 0 atom stereocenters. The van der Waals surface area contributed by atoms with Crippen molar-refractivity contribution in [3.8, 4) is 0 Å². The summed E-state index contributed by atoms with van der Waals surface area (Å²) in [6.45, 7) is 9.94. The second-order valence-corrected chi connectivity index (χ2v) is 6.95. The molecule has 2 rings (SSSR count). The minimum absolute atomic E-state index is 0.549. The van der Waals surface area contributed by atoms with Gasteiger partial charge in [0, 0.05) is 23.4 Å². The zero-order chi connectivity index (χ0) is 12.4. The molecular weight excluding hydrogens is 228 g/mol. The molecule has 1 saturated carbocycles. The molecule has 1 aliphatic rings. The molecule has 96 valence electrons. The van der Waals surface area contributed by atoms with E-state index in [-0.39, 0.29) is 0 Å². The quantitative estimate of drug-likeness (QED) is 0.834. The van der Waals surface area contributed by atoms with Crippen LogP contribution in [0, 0.1) is 5.92 Å². The highest BCUT2D eigenvalue weighted by molar-refractivity contribution is 7.11. The molecule has 1 aromatic rings. The van der Waals surface area contributed by atoms with Crippen LogP contribution in [-0.4, -0.2) is 11.0 Å². The highest BCUT2D eigenvalue weighted by atomic mass is 32.1. The van der Waals surface area contributed by atoms with E-state index in [0.717, 1.165) is 18.9 Å². The molecule has 0 radical (unpaired) electrons. The molecule has 0 unspecified atom stereocenters. The summed E-state index contributed by atoms with van der Waals surface area (Å²) >= 11 is 1.94. The zero-order valence-electron chi connectivity index (χ0n) is 11.4. The molecule has 0 bridgehead atoms. The first-order valence-corrected chi connectivity index (χ1v) is 7.59. The summed E-state index contributed by atoms with van der Waals surface area (Å²) in [5, 5.41) is 4.91. The topological polar surface area (TPSA) is 24.9 Å². The lowest BCUT2D eigenvalue weighted by Gasteiger charge is -2.08. The molecule has 1 heterocycles. The molecule has 2 nitrogen and oxygen atoms in total. The van der Waals surface area contributed by atoms with E-state index < -0.39 is 0 Å². The Morgan fingerprint density at radius 2 is 2.00 bits per heavy atom. The van der Waals surface area contributed by atoms with Crippen LogP contribution in [0.25, 0.3) is 0 Å². The fourth-order valence-corrected chi connectivity index (χ4v) is 3.10. The van der Waals surface area contributed by atoms with E-state index in [9.17, 15) is 0 Å². The van der Waals surface area contributed by atoms with E-state index >= 15 is 0 Å². The van der Waals surface area contributed by atoms with Gasteiger partial charge in [0.2, 0.25) is 0 Å². The zero-order valence-corrected chi connectivity index (χ0v) is 12.2. The Bertz CT molecular complexity index is 364. The Morgan fingerprint density at radius 1 is 1.29 bits per heavy atom. The molecule has 0 amide bonds. The average Bonchev–Trinajstić information content (AvgIpc) is 2.99. The number of rotatable bonds is 6. The summed E-state index contributed by atoms with van der Waals surface area (Å²) < 4.78 is 0. The van der Waals surface area contributed by atoms with Gasteiger partial charge in [-0.1, -0.05) is 27.7 Å². The van der Waals surface area contributed by atoms with Crippen molar-refractivity contribution >= 4 is 11.3 Å².